The lowest BCUT2D eigenvalue weighted by Crippen LogP contribution is -2.49. The van der Waals surface area contributed by atoms with Crippen LogP contribution in [-0.2, 0) is 16.1 Å². The van der Waals surface area contributed by atoms with Gasteiger partial charge >= 0.3 is 0 Å². The van der Waals surface area contributed by atoms with Crippen LogP contribution in [0.15, 0.2) is 40.8 Å². The third-order valence-electron chi connectivity index (χ3n) is 6.71. The van der Waals surface area contributed by atoms with Gasteiger partial charge in [0.2, 0.25) is 5.91 Å². The van der Waals surface area contributed by atoms with E-state index in [9.17, 15) is 4.79 Å². The van der Waals surface area contributed by atoms with Crippen LogP contribution in [-0.4, -0.2) is 43.7 Å². The largest absolute Gasteiger partial charge is 0.497 e. The number of anilines is 1. The summed E-state index contributed by atoms with van der Waals surface area (Å²) in [6.07, 6.45) is 2.93. The van der Waals surface area contributed by atoms with E-state index in [1.54, 1.807) is 14.2 Å². The van der Waals surface area contributed by atoms with Gasteiger partial charge in [-0.05, 0) is 43.5 Å². The predicted octanol–water partition coefficient (Wildman–Crippen LogP) is 3.38. The Balaban J connectivity index is 1.45. The Kier molecular flexibility index (Phi) is 4.21. The fourth-order valence-electron chi connectivity index (χ4n) is 5.56. The molecule has 2 aromatic rings. The van der Waals surface area contributed by atoms with Crippen LogP contribution in [0.25, 0.3) is 0 Å². The zero-order valence-electron chi connectivity index (χ0n) is 16.4. The summed E-state index contributed by atoms with van der Waals surface area (Å²) >= 11 is 0. The maximum Gasteiger partial charge on any atom is 0.247 e. The van der Waals surface area contributed by atoms with Crippen LogP contribution in [0.5, 0.6) is 5.75 Å². The van der Waals surface area contributed by atoms with Crippen LogP contribution in [0.3, 0.4) is 0 Å². The number of methoxy groups -OCH3 is 2. The van der Waals surface area contributed by atoms with E-state index in [4.69, 9.17) is 13.9 Å². The minimum atomic E-state index is -0.387. The first-order valence-corrected chi connectivity index (χ1v) is 9.97. The van der Waals surface area contributed by atoms with E-state index in [1.807, 2.05) is 35.2 Å². The van der Waals surface area contributed by atoms with Crippen LogP contribution < -0.4 is 9.64 Å². The van der Waals surface area contributed by atoms with Gasteiger partial charge in [0.15, 0.2) is 0 Å². The second kappa shape index (κ2) is 6.64. The smallest absolute Gasteiger partial charge is 0.247 e. The zero-order valence-corrected chi connectivity index (χ0v) is 16.4. The number of amides is 1. The number of carbonyl (C=O) groups is 1. The number of nitrogens with zero attached hydrogens (tertiary/aromatic N) is 2. The number of benzene rings is 1. The molecule has 5 rings (SSSR count). The number of ether oxygens (including phenoxy) is 2. The third kappa shape index (κ3) is 2.44. The summed E-state index contributed by atoms with van der Waals surface area (Å²) in [5, 5.41) is 0. The summed E-state index contributed by atoms with van der Waals surface area (Å²) in [7, 11) is 3.33. The van der Waals surface area contributed by atoms with E-state index in [0.29, 0.717) is 12.5 Å². The van der Waals surface area contributed by atoms with Gasteiger partial charge in [0.1, 0.15) is 29.4 Å². The fraction of sp³-hybridized carbons (Fsp3) is 0.500. The quantitative estimate of drug-likeness (QED) is 0.794. The zero-order chi connectivity index (χ0) is 19.3. The summed E-state index contributed by atoms with van der Waals surface area (Å²) in [6.45, 7) is 2.17. The van der Waals surface area contributed by atoms with Gasteiger partial charge < -0.3 is 18.8 Å². The van der Waals surface area contributed by atoms with Crippen molar-refractivity contribution in [2.24, 2.45) is 5.92 Å². The van der Waals surface area contributed by atoms with Crippen LogP contribution in [0.1, 0.15) is 36.8 Å². The number of carbonyl (C=O) groups excluding carboxylic acids is 1. The Morgan fingerprint density at radius 3 is 2.96 bits per heavy atom. The molecule has 0 radical (unpaired) electrons. The molecule has 28 heavy (non-hydrogen) atoms. The molecule has 1 amide bonds. The summed E-state index contributed by atoms with van der Waals surface area (Å²) in [4.78, 5) is 18.0. The summed E-state index contributed by atoms with van der Waals surface area (Å²) in [5.41, 5.74) is 0.541. The second-order valence-electron chi connectivity index (χ2n) is 8.02. The molecule has 6 heteroatoms. The molecule has 3 aliphatic heterocycles. The molecule has 0 N–H and O–H groups in total. The molecule has 1 spiro atoms. The lowest BCUT2D eigenvalue weighted by molar-refractivity contribution is -0.126. The molecule has 3 atom stereocenters. The number of rotatable bonds is 5. The van der Waals surface area contributed by atoms with E-state index in [-0.39, 0.29) is 17.5 Å². The molecule has 1 aromatic carbocycles. The maximum absolute atomic E-state index is 13.7. The average molecular weight is 382 g/mol. The van der Waals surface area contributed by atoms with Crippen molar-refractivity contribution < 1.29 is 18.7 Å². The van der Waals surface area contributed by atoms with Gasteiger partial charge in [0, 0.05) is 37.9 Å². The lowest BCUT2D eigenvalue weighted by Gasteiger charge is -2.32. The van der Waals surface area contributed by atoms with Crippen LogP contribution >= 0.6 is 0 Å². The Hall–Kier alpha value is -2.31. The predicted molar refractivity (Wildman–Crippen MR) is 104 cm³/mol. The van der Waals surface area contributed by atoms with Crippen molar-refractivity contribution in [3.63, 3.8) is 0 Å². The van der Waals surface area contributed by atoms with Crippen LogP contribution in [0, 0.1) is 5.92 Å². The third-order valence-corrected chi connectivity index (χ3v) is 6.71. The molecule has 3 fully saturated rings. The monoisotopic (exact) mass is 382 g/mol. The maximum atomic E-state index is 13.7. The lowest BCUT2D eigenvalue weighted by atomic mass is 9.85. The van der Waals surface area contributed by atoms with Gasteiger partial charge in [-0.1, -0.05) is 6.07 Å². The van der Waals surface area contributed by atoms with E-state index < -0.39 is 0 Å². The van der Waals surface area contributed by atoms with E-state index >= 15 is 0 Å². The van der Waals surface area contributed by atoms with Crippen molar-refractivity contribution in [3.05, 3.63) is 47.9 Å². The van der Waals surface area contributed by atoms with Crippen molar-refractivity contribution >= 4 is 11.6 Å². The molecule has 4 heterocycles. The van der Waals surface area contributed by atoms with Crippen LogP contribution in [0.4, 0.5) is 5.69 Å². The molecule has 3 aliphatic rings. The molecule has 3 saturated heterocycles. The van der Waals surface area contributed by atoms with E-state index in [1.165, 1.54) is 0 Å². The topological polar surface area (TPSA) is 55.2 Å². The molecule has 6 nitrogen and oxygen atoms in total. The minimum Gasteiger partial charge on any atom is -0.497 e. The summed E-state index contributed by atoms with van der Waals surface area (Å²) in [5.74, 6) is 3.13. The average Bonchev–Trinajstić information content (AvgIpc) is 3.45. The first-order chi connectivity index (χ1) is 13.7. The minimum absolute atomic E-state index is 0.175. The number of hydrogen-bond donors (Lipinski definition) is 0. The van der Waals surface area contributed by atoms with Gasteiger partial charge in [0.25, 0.3) is 0 Å². The fourth-order valence-corrected chi connectivity index (χ4v) is 5.56. The SMILES string of the molecule is COCc1ccc([C@@H]2C[C@H]3CN(c4cccc(OC)c4)C(=O)[C@]34CCCN24)o1. The second-order valence-corrected chi connectivity index (χ2v) is 8.02. The Labute approximate surface area is 165 Å². The highest BCUT2D eigenvalue weighted by molar-refractivity contribution is 6.03. The number of furan rings is 1. The van der Waals surface area contributed by atoms with E-state index in [2.05, 4.69) is 11.0 Å². The van der Waals surface area contributed by atoms with Crippen LogP contribution in [0.2, 0.25) is 0 Å². The van der Waals surface area contributed by atoms with Gasteiger partial charge in [-0.25, -0.2) is 0 Å². The first-order valence-electron chi connectivity index (χ1n) is 9.97. The summed E-state index contributed by atoms with van der Waals surface area (Å²) < 4.78 is 16.6. The highest BCUT2D eigenvalue weighted by Crippen LogP contribution is 2.56. The first kappa shape index (κ1) is 17.8. The van der Waals surface area contributed by atoms with Crippen molar-refractivity contribution in [2.45, 2.75) is 37.5 Å². The molecular weight excluding hydrogens is 356 g/mol. The molecule has 0 bridgehead atoms. The summed E-state index contributed by atoms with van der Waals surface area (Å²) in [6, 6.07) is 12.0. The Bertz CT molecular complexity index is 894. The normalized spacial score (nSPS) is 29.4. The van der Waals surface area contributed by atoms with E-state index in [0.717, 1.165) is 55.3 Å². The Morgan fingerprint density at radius 2 is 2.14 bits per heavy atom. The standard InChI is InChI=1S/C22H26N2O4/c1-26-14-18-7-8-20(28-18)19-11-15-13-23(16-5-3-6-17(12-16)27-2)21(25)22(15)9-4-10-24(19)22/h3,5-8,12,15,19H,4,9-11,13-14H2,1-2H3/t15-,19-,22-/m0/s1. The molecular formula is C22H26N2O4. The highest BCUT2D eigenvalue weighted by atomic mass is 16.5. The Morgan fingerprint density at radius 1 is 1.25 bits per heavy atom. The van der Waals surface area contributed by atoms with Crippen molar-refractivity contribution in [3.8, 4) is 5.75 Å². The number of hydrogen-bond acceptors (Lipinski definition) is 5. The van der Waals surface area contributed by atoms with Crippen molar-refractivity contribution in [2.75, 3.05) is 32.2 Å². The molecule has 1 aromatic heterocycles. The van der Waals surface area contributed by atoms with Gasteiger partial charge in [-0.3, -0.25) is 9.69 Å². The van der Waals surface area contributed by atoms with Gasteiger partial charge in [0.05, 0.1) is 13.2 Å². The molecule has 148 valence electrons. The molecule has 0 unspecified atom stereocenters. The van der Waals surface area contributed by atoms with Gasteiger partial charge in [-0.15, -0.1) is 0 Å². The van der Waals surface area contributed by atoms with Gasteiger partial charge in [-0.2, -0.15) is 0 Å². The van der Waals surface area contributed by atoms with Crippen molar-refractivity contribution in [1.82, 2.24) is 4.90 Å². The molecule has 0 aliphatic carbocycles. The van der Waals surface area contributed by atoms with Crippen molar-refractivity contribution in [1.29, 1.82) is 0 Å². The molecule has 0 saturated carbocycles. The highest BCUT2D eigenvalue weighted by Gasteiger charge is 2.65.